The maximum atomic E-state index is 11.0. The first-order valence-corrected chi connectivity index (χ1v) is 6.60. The minimum atomic E-state index is -0.316. The van der Waals surface area contributed by atoms with Crippen LogP contribution in [0, 0.1) is 6.92 Å². The topological polar surface area (TPSA) is 26.3 Å². The Bertz CT molecular complexity index is 613. The van der Waals surface area contributed by atoms with Crippen LogP contribution in [0.1, 0.15) is 11.1 Å². The molecule has 0 aliphatic heterocycles. The van der Waals surface area contributed by atoms with Crippen LogP contribution < -0.4 is 0 Å². The molecular formula is C18H18O2. The minimum Gasteiger partial charge on any atom is -0.466 e. The molecule has 0 fully saturated rings. The molecule has 20 heavy (non-hydrogen) atoms. The molecular weight excluding hydrogens is 248 g/mol. The van der Waals surface area contributed by atoms with Gasteiger partial charge in [0.1, 0.15) is 0 Å². The molecule has 0 saturated heterocycles. The third-order valence-electron chi connectivity index (χ3n) is 3.24. The number of hydrogen-bond donors (Lipinski definition) is 0. The molecule has 0 radical (unpaired) electrons. The van der Waals surface area contributed by atoms with Crippen molar-refractivity contribution in [3.8, 4) is 11.1 Å². The van der Waals surface area contributed by atoms with E-state index < -0.39 is 0 Å². The highest BCUT2D eigenvalue weighted by molar-refractivity contribution is 5.81. The fourth-order valence-corrected chi connectivity index (χ4v) is 2.09. The van der Waals surface area contributed by atoms with E-state index in [0.29, 0.717) is 0 Å². The van der Waals surface area contributed by atoms with Gasteiger partial charge in [-0.25, -0.2) is 4.79 Å². The lowest BCUT2D eigenvalue weighted by Crippen LogP contribution is -1.95. The average Bonchev–Trinajstić information content (AvgIpc) is 2.49. The van der Waals surface area contributed by atoms with Gasteiger partial charge in [0, 0.05) is 6.08 Å². The maximum absolute atomic E-state index is 11.0. The number of carbonyl (C=O) groups is 1. The lowest BCUT2D eigenvalue weighted by Gasteiger charge is -2.07. The van der Waals surface area contributed by atoms with Crippen LogP contribution in [-0.4, -0.2) is 13.1 Å². The van der Waals surface area contributed by atoms with Gasteiger partial charge in [0.25, 0.3) is 0 Å². The maximum Gasteiger partial charge on any atom is 0.330 e. The number of esters is 1. The van der Waals surface area contributed by atoms with Gasteiger partial charge in [-0.3, -0.25) is 0 Å². The van der Waals surface area contributed by atoms with E-state index in [0.717, 1.165) is 6.42 Å². The third-order valence-corrected chi connectivity index (χ3v) is 3.24. The van der Waals surface area contributed by atoms with E-state index in [1.54, 1.807) is 0 Å². The Morgan fingerprint density at radius 1 is 1.10 bits per heavy atom. The smallest absolute Gasteiger partial charge is 0.330 e. The van der Waals surface area contributed by atoms with Gasteiger partial charge in [-0.05, 0) is 35.6 Å². The van der Waals surface area contributed by atoms with Crippen molar-refractivity contribution in [1.82, 2.24) is 0 Å². The molecule has 102 valence electrons. The van der Waals surface area contributed by atoms with Crippen LogP contribution in [-0.2, 0) is 16.0 Å². The molecule has 0 N–H and O–H groups in total. The Morgan fingerprint density at radius 2 is 1.85 bits per heavy atom. The van der Waals surface area contributed by atoms with Crippen LogP contribution >= 0.6 is 0 Å². The van der Waals surface area contributed by atoms with E-state index in [1.165, 1.54) is 35.4 Å². The molecule has 0 amide bonds. The zero-order valence-electron chi connectivity index (χ0n) is 11.8. The van der Waals surface area contributed by atoms with Gasteiger partial charge in [0.05, 0.1) is 7.11 Å². The van der Waals surface area contributed by atoms with Crippen molar-refractivity contribution in [3.63, 3.8) is 0 Å². The molecule has 0 unspecified atom stereocenters. The Kier molecular flexibility index (Phi) is 4.72. The molecule has 0 spiro atoms. The summed E-state index contributed by atoms with van der Waals surface area (Å²) in [5.74, 6) is -0.316. The minimum absolute atomic E-state index is 0.316. The number of benzene rings is 2. The summed E-state index contributed by atoms with van der Waals surface area (Å²) in [7, 11) is 1.38. The molecule has 0 atom stereocenters. The second kappa shape index (κ2) is 6.71. The predicted octanol–water partition coefficient (Wildman–Crippen LogP) is 3.93. The van der Waals surface area contributed by atoms with E-state index >= 15 is 0 Å². The second-order valence-corrected chi connectivity index (χ2v) is 4.64. The van der Waals surface area contributed by atoms with Crippen molar-refractivity contribution in [2.45, 2.75) is 13.3 Å². The summed E-state index contributed by atoms with van der Waals surface area (Å²) in [4.78, 5) is 11.0. The predicted molar refractivity (Wildman–Crippen MR) is 81.5 cm³/mol. The number of carbonyl (C=O) groups excluding carboxylic acids is 1. The molecule has 2 nitrogen and oxygen atoms in total. The summed E-state index contributed by atoms with van der Waals surface area (Å²) < 4.78 is 4.57. The SMILES string of the molecule is COC(=O)C=CCc1ccc(-c2ccccc2)cc1C. The van der Waals surface area contributed by atoms with Crippen LogP contribution in [0.2, 0.25) is 0 Å². The van der Waals surface area contributed by atoms with Crippen molar-refractivity contribution >= 4 is 5.97 Å². The van der Waals surface area contributed by atoms with Gasteiger partial charge >= 0.3 is 5.97 Å². The quantitative estimate of drug-likeness (QED) is 0.619. The van der Waals surface area contributed by atoms with Crippen LogP contribution in [0.3, 0.4) is 0 Å². The molecule has 0 aliphatic carbocycles. The average molecular weight is 266 g/mol. The van der Waals surface area contributed by atoms with Crippen LogP contribution in [0.5, 0.6) is 0 Å². The van der Waals surface area contributed by atoms with Crippen LogP contribution in [0.25, 0.3) is 11.1 Å². The van der Waals surface area contributed by atoms with Gasteiger partial charge in [-0.1, -0.05) is 54.6 Å². The second-order valence-electron chi connectivity index (χ2n) is 4.64. The molecule has 0 aromatic heterocycles. The lowest BCUT2D eigenvalue weighted by atomic mass is 9.98. The summed E-state index contributed by atoms with van der Waals surface area (Å²) in [5, 5.41) is 0. The molecule has 0 bridgehead atoms. The highest BCUT2D eigenvalue weighted by atomic mass is 16.5. The Labute approximate surface area is 119 Å². The van der Waals surface area contributed by atoms with E-state index in [-0.39, 0.29) is 5.97 Å². The van der Waals surface area contributed by atoms with Gasteiger partial charge < -0.3 is 4.74 Å². The van der Waals surface area contributed by atoms with Crippen LogP contribution in [0.4, 0.5) is 0 Å². The van der Waals surface area contributed by atoms with Gasteiger partial charge in [-0.15, -0.1) is 0 Å². The van der Waals surface area contributed by atoms with Crippen molar-refractivity contribution in [3.05, 3.63) is 71.8 Å². The number of hydrogen-bond acceptors (Lipinski definition) is 2. The highest BCUT2D eigenvalue weighted by Gasteiger charge is 2.01. The number of rotatable bonds is 4. The first-order chi connectivity index (χ1) is 9.70. The molecule has 2 aromatic rings. The summed E-state index contributed by atoms with van der Waals surface area (Å²) in [6.45, 7) is 2.09. The molecule has 2 rings (SSSR count). The lowest BCUT2D eigenvalue weighted by molar-refractivity contribution is -0.134. The van der Waals surface area contributed by atoms with E-state index in [2.05, 4.69) is 42.0 Å². The zero-order valence-corrected chi connectivity index (χ0v) is 11.8. The number of aryl methyl sites for hydroxylation is 1. The molecule has 0 aliphatic rings. The Morgan fingerprint density at radius 3 is 2.50 bits per heavy atom. The fourth-order valence-electron chi connectivity index (χ4n) is 2.09. The van der Waals surface area contributed by atoms with Crippen molar-refractivity contribution in [2.24, 2.45) is 0 Å². The van der Waals surface area contributed by atoms with Gasteiger partial charge in [0.15, 0.2) is 0 Å². The summed E-state index contributed by atoms with van der Waals surface area (Å²) in [6, 6.07) is 16.7. The van der Waals surface area contributed by atoms with E-state index in [4.69, 9.17) is 0 Å². The molecule has 0 heterocycles. The van der Waals surface area contributed by atoms with Crippen molar-refractivity contribution < 1.29 is 9.53 Å². The van der Waals surface area contributed by atoms with Gasteiger partial charge in [0.2, 0.25) is 0 Å². The molecule has 0 saturated carbocycles. The van der Waals surface area contributed by atoms with Crippen molar-refractivity contribution in [1.29, 1.82) is 0 Å². The standard InChI is InChI=1S/C18H18O2/c1-14-13-17(16-7-4-3-5-8-16)12-11-15(14)9-6-10-18(19)20-2/h3-8,10-13H,9H2,1-2H3. The number of allylic oxidation sites excluding steroid dienone is 1. The van der Waals surface area contributed by atoms with Gasteiger partial charge in [-0.2, -0.15) is 0 Å². The summed E-state index contributed by atoms with van der Waals surface area (Å²) >= 11 is 0. The largest absolute Gasteiger partial charge is 0.466 e. The normalized spacial score (nSPS) is 10.7. The highest BCUT2D eigenvalue weighted by Crippen LogP contribution is 2.22. The van der Waals surface area contributed by atoms with E-state index in [1.807, 2.05) is 24.3 Å². The Hall–Kier alpha value is -2.35. The monoisotopic (exact) mass is 266 g/mol. The molecule has 2 aromatic carbocycles. The third kappa shape index (κ3) is 3.58. The summed E-state index contributed by atoms with van der Waals surface area (Å²) in [6.07, 6.45) is 4.02. The number of ether oxygens (including phenoxy) is 1. The fraction of sp³-hybridized carbons (Fsp3) is 0.167. The zero-order chi connectivity index (χ0) is 14.4. The first kappa shape index (κ1) is 14.1. The summed E-state index contributed by atoms with van der Waals surface area (Å²) in [5.41, 5.74) is 4.86. The van der Waals surface area contributed by atoms with E-state index in [9.17, 15) is 4.79 Å². The number of methoxy groups -OCH3 is 1. The van der Waals surface area contributed by atoms with Crippen molar-refractivity contribution in [2.75, 3.05) is 7.11 Å². The van der Waals surface area contributed by atoms with Crippen LogP contribution in [0.15, 0.2) is 60.7 Å². The first-order valence-electron chi connectivity index (χ1n) is 6.60. The molecule has 2 heteroatoms. The Balaban J connectivity index is 2.14.